The number of thiazole rings is 1. The maximum atomic E-state index is 12.0. The molecular weight excluding hydrogens is 322 g/mol. The Kier molecular flexibility index (Phi) is 7.49. The number of aromatic nitrogens is 1. The SMILES string of the molecule is CC(C)OC(=O)[C@H](CCC(=O)C=N)NC(=O)[C@H](O)c1cscn1. The van der Waals surface area contributed by atoms with Gasteiger partial charge in [0.25, 0.3) is 5.91 Å². The number of carbonyl (C=O) groups excluding carboxylic acids is 3. The number of amides is 1. The second-order valence-electron chi connectivity index (χ2n) is 5.01. The van der Waals surface area contributed by atoms with Crippen LogP contribution in [-0.2, 0) is 19.1 Å². The maximum Gasteiger partial charge on any atom is 0.328 e. The summed E-state index contributed by atoms with van der Waals surface area (Å²) in [4.78, 5) is 39.1. The van der Waals surface area contributed by atoms with Crippen molar-refractivity contribution in [1.29, 1.82) is 5.41 Å². The highest BCUT2D eigenvalue weighted by Gasteiger charge is 2.28. The van der Waals surface area contributed by atoms with E-state index in [0.29, 0.717) is 6.21 Å². The summed E-state index contributed by atoms with van der Waals surface area (Å²) >= 11 is 1.22. The lowest BCUT2D eigenvalue weighted by Gasteiger charge is -2.20. The standard InChI is InChI=1S/C14H19N3O5S/c1-8(2)22-14(21)10(4-3-9(18)5-15)17-13(20)12(19)11-6-23-7-16-11/h5-8,10,12,15,19H,3-4H2,1-2H3,(H,17,20)/t10-,12+/m0/s1. The summed E-state index contributed by atoms with van der Waals surface area (Å²) in [5.41, 5.74) is 1.65. The zero-order chi connectivity index (χ0) is 17.4. The molecular formula is C14H19N3O5S. The molecule has 0 radical (unpaired) electrons. The third-order valence-electron chi connectivity index (χ3n) is 2.77. The van der Waals surface area contributed by atoms with Crippen molar-refractivity contribution >= 4 is 35.2 Å². The van der Waals surface area contributed by atoms with E-state index in [1.54, 1.807) is 13.8 Å². The van der Waals surface area contributed by atoms with Gasteiger partial charge in [-0.05, 0) is 20.3 Å². The van der Waals surface area contributed by atoms with Crippen LogP contribution in [0.3, 0.4) is 0 Å². The second kappa shape index (κ2) is 9.11. The van der Waals surface area contributed by atoms with Crippen LogP contribution in [0.25, 0.3) is 0 Å². The number of hydrogen-bond acceptors (Lipinski definition) is 8. The number of aliphatic hydroxyl groups is 1. The van der Waals surface area contributed by atoms with Crippen LogP contribution in [0.15, 0.2) is 10.9 Å². The van der Waals surface area contributed by atoms with Gasteiger partial charge in [0.15, 0.2) is 11.9 Å². The Balaban J connectivity index is 2.74. The first-order chi connectivity index (χ1) is 10.8. The number of nitrogens with one attached hydrogen (secondary N) is 2. The molecule has 0 saturated carbocycles. The fraction of sp³-hybridized carbons (Fsp3) is 0.500. The average Bonchev–Trinajstić information content (AvgIpc) is 3.03. The summed E-state index contributed by atoms with van der Waals surface area (Å²) in [5, 5.41) is 20.6. The van der Waals surface area contributed by atoms with E-state index in [1.165, 1.54) is 22.2 Å². The van der Waals surface area contributed by atoms with Gasteiger partial charge in [0.1, 0.15) is 6.04 Å². The summed E-state index contributed by atoms with van der Waals surface area (Å²) < 4.78 is 5.03. The Morgan fingerprint density at radius 2 is 2.17 bits per heavy atom. The summed E-state index contributed by atoms with van der Waals surface area (Å²) in [5.74, 6) is -1.97. The minimum absolute atomic E-state index is 0.0186. The molecule has 0 unspecified atom stereocenters. The molecule has 0 aliphatic rings. The van der Waals surface area contributed by atoms with Crippen LogP contribution in [0.1, 0.15) is 38.5 Å². The lowest BCUT2D eigenvalue weighted by Crippen LogP contribution is -2.44. The minimum atomic E-state index is -1.51. The summed E-state index contributed by atoms with van der Waals surface area (Å²) in [6.45, 7) is 3.31. The number of ketones is 1. The third kappa shape index (κ3) is 6.25. The predicted molar refractivity (Wildman–Crippen MR) is 83.3 cm³/mol. The lowest BCUT2D eigenvalue weighted by atomic mass is 10.1. The van der Waals surface area contributed by atoms with E-state index >= 15 is 0 Å². The van der Waals surface area contributed by atoms with Gasteiger partial charge in [-0.1, -0.05) is 0 Å². The molecule has 0 aliphatic carbocycles. The van der Waals surface area contributed by atoms with Gasteiger partial charge in [-0.15, -0.1) is 11.3 Å². The zero-order valence-electron chi connectivity index (χ0n) is 12.8. The first-order valence-electron chi connectivity index (χ1n) is 6.95. The highest BCUT2D eigenvalue weighted by Crippen LogP contribution is 2.13. The molecule has 1 amide bonds. The first-order valence-corrected chi connectivity index (χ1v) is 7.89. The van der Waals surface area contributed by atoms with Crippen molar-refractivity contribution in [3.63, 3.8) is 0 Å². The van der Waals surface area contributed by atoms with E-state index in [0.717, 1.165) is 0 Å². The monoisotopic (exact) mass is 341 g/mol. The number of aliphatic hydroxyl groups excluding tert-OH is 1. The van der Waals surface area contributed by atoms with Crippen LogP contribution in [0.2, 0.25) is 0 Å². The maximum absolute atomic E-state index is 12.0. The molecule has 0 fully saturated rings. The van der Waals surface area contributed by atoms with Crippen LogP contribution < -0.4 is 5.32 Å². The number of carbonyl (C=O) groups is 3. The molecule has 9 heteroatoms. The molecule has 0 spiro atoms. The largest absolute Gasteiger partial charge is 0.461 e. The molecule has 1 rings (SSSR count). The number of esters is 1. The van der Waals surface area contributed by atoms with Crippen molar-refractivity contribution < 1.29 is 24.2 Å². The molecule has 0 bridgehead atoms. The van der Waals surface area contributed by atoms with E-state index < -0.39 is 29.8 Å². The summed E-state index contributed by atoms with van der Waals surface area (Å²) in [7, 11) is 0. The molecule has 3 N–H and O–H groups in total. The molecule has 1 heterocycles. The highest BCUT2D eigenvalue weighted by molar-refractivity contribution is 7.07. The molecule has 126 valence electrons. The molecule has 2 atom stereocenters. The van der Waals surface area contributed by atoms with Crippen molar-refractivity contribution in [3.8, 4) is 0 Å². The van der Waals surface area contributed by atoms with Gasteiger partial charge >= 0.3 is 5.97 Å². The van der Waals surface area contributed by atoms with Crippen molar-refractivity contribution in [2.24, 2.45) is 0 Å². The van der Waals surface area contributed by atoms with Crippen LogP contribution in [0.5, 0.6) is 0 Å². The van der Waals surface area contributed by atoms with E-state index in [1.807, 2.05) is 0 Å². The Morgan fingerprint density at radius 3 is 2.70 bits per heavy atom. The third-order valence-corrected chi connectivity index (χ3v) is 3.38. The zero-order valence-corrected chi connectivity index (χ0v) is 13.6. The Hall–Kier alpha value is -2.13. The van der Waals surface area contributed by atoms with E-state index in [9.17, 15) is 19.5 Å². The van der Waals surface area contributed by atoms with Gasteiger partial charge in [0.2, 0.25) is 0 Å². The van der Waals surface area contributed by atoms with Crippen LogP contribution >= 0.6 is 11.3 Å². The minimum Gasteiger partial charge on any atom is -0.461 e. The lowest BCUT2D eigenvalue weighted by molar-refractivity contribution is -0.152. The van der Waals surface area contributed by atoms with Gasteiger partial charge < -0.3 is 20.6 Å². The quantitative estimate of drug-likeness (QED) is 0.446. The van der Waals surface area contributed by atoms with Gasteiger partial charge in [-0.2, -0.15) is 0 Å². The van der Waals surface area contributed by atoms with E-state index in [2.05, 4.69) is 10.3 Å². The van der Waals surface area contributed by atoms with Crippen molar-refractivity contribution in [2.45, 2.75) is 44.9 Å². The fourth-order valence-electron chi connectivity index (χ4n) is 1.66. The molecule has 1 aromatic rings. The Morgan fingerprint density at radius 1 is 1.48 bits per heavy atom. The number of hydrogen-bond donors (Lipinski definition) is 3. The molecule has 0 saturated heterocycles. The van der Waals surface area contributed by atoms with Crippen molar-refractivity contribution in [3.05, 3.63) is 16.6 Å². The number of rotatable bonds is 9. The van der Waals surface area contributed by atoms with E-state index in [-0.39, 0.29) is 24.6 Å². The predicted octanol–water partition coefficient (Wildman–Crippen LogP) is 0.612. The first kappa shape index (κ1) is 18.9. The molecule has 0 aliphatic heterocycles. The topological polar surface area (TPSA) is 129 Å². The second-order valence-corrected chi connectivity index (χ2v) is 5.73. The normalized spacial score (nSPS) is 13.2. The van der Waals surface area contributed by atoms with Gasteiger partial charge in [-0.25, -0.2) is 9.78 Å². The van der Waals surface area contributed by atoms with Crippen molar-refractivity contribution in [1.82, 2.24) is 10.3 Å². The molecule has 1 aromatic heterocycles. The molecule has 0 aromatic carbocycles. The molecule has 8 nitrogen and oxygen atoms in total. The average molecular weight is 341 g/mol. The summed E-state index contributed by atoms with van der Waals surface area (Å²) in [6.07, 6.45) is -1.35. The highest BCUT2D eigenvalue weighted by atomic mass is 32.1. The van der Waals surface area contributed by atoms with Gasteiger partial charge in [-0.3, -0.25) is 9.59 Å². The summed E-state index contributed by atoms with van der Waals surface area (Å²) in [6, 6.07) is -1.08. The van der Waals surface area contributed by atoms with Crippen LogP contribution in [0.4, 0.5) is 0 Å². The fourth-order valence-corrected chi connectivity index (χ4v) is 2.24. The Labute approximate surface area is 137 Å². The number of nitrogens with zero attached hydrogens (tertiary/aromatic N) is 1. The van der Waals surface area contributed by atoms with Gasteiger partial charge in [0, 0.05) is 11.8 Å². The number of ether oxygens (including phenoxy) is 1. The smallest absolute Gasteiger partial charge is 0.328 e. The molecule has 23 heavy (non-hydrogen) atoms. The Bertz CT molecular complexity index is 559. The number of Topliss-reactive ketones (excluding diaryl/α,β-unsaturated/α-hetero) is 1. The van der Waals surface area contributed by atoms with Gasteiger partial charge in [0.05, 0.1) is 23.5 Å². The van der Waals surface area contributed by atoms with Crippen LogP contribution in [0, 0.1) is 5.41 Å². The van der Waals surface area contributed by atoms with E-state index in [4.69, 9.17) is 10.1 Å². The van der Waals surface area contributed by atoms with Crippen LogP contribution in [-0.4, -0.2) is 46.1 Å². The van der Waals surface area contributed by atoms with Crippen molar-refractivity contribution in [2.75, 3.05) is 0 Å².